The Balaban J connectivity index is 3.02. The third-order valence-electron chi connectivity index (χ3n) is 1.69. The summed E-state index contributed by atoms with van der Waals surface area (Å²) >= 11 is 0. The van der Waals surface area contributed by atoms with Crippen molar-refractivity contribution in [1.82, 2.24) is 4.98 Å². The Hall–Kier alpha value is -1.89. The first-order valence-corrected chi connectivity index (χ1v) is 3.81. The molecule has 0 aliphatic carbocycles. The molecule has 0 spiro atoms. The Bertz CT molecular complexity index is 340. The van der Waals surface area contributed by atoms with Crippen LogP contribution >= 0.6 is 0 Å². The maximum atomic E-state index is 5.72. The molecule has 1 rings (SSSR count). The minimum atomic E-state index is 0.459. The summed E-state index contributed by atoms with van der Waals surface area (Å²) in [6, 6.07) is 1.66. The van der Waals surface area contributed by atoms with Crippen molar-refractivity contribution in [3.05, 3.63) is 12.3 Å². The van der Waals surface area contributed by atoms with Gasteiger partial charge in [0.2, 0.25) is 0 Å². The lowest BCUT2D eigenvalue weighted by atomic mass is 10.3. The first-order chi connectivity index (χ1) is 6.16. The van der Waals surface area contributed by atoms with Gasteiger partial charge >= 0.3 is 0 Å². The minimum Gasteiger partial charge on any atom is -0.397 e. The zero-order valence-electron chi connectivity index (χ0n) is 7.49. The molecule has 4 N–H and O–H groups in total. The van der Waals surface area contributed by atoms with Crippen LogP contribution in [0.5, 0.6) is 0 Å². The van der Waals surface area contributed by atoms with E-state index in [0.717, 1.165) is 0 Å². The summed E-state index contributed by atoms with van der Waals surface area (Å²) in [4.78, 5) is 5.85. The molecule has 1 aromatic rings. The van der Waals surface area contributed by atoms with Crippen molar-refractivity contribution in [3.63, 3.8) is 0 Å². The van der Waals surface area contributed by atoms with E-state index in [9.17, 15) is 0 Å². The van der Waals surface area contributed by atoms with Gasteiger partial charge in [-0.15, -0.1) is 6.42 Å². The Morgan fingerprint density at radius 1 is 1.62 bits per heavy atom. The molecule has 0 saturated heterocycles. The van der Waals surface area contributed by atoms with Crippen LogP contribution < -0.4 is 16.4 Å². The monoisotopic (exact) mass is 176 g/mol. The van der Waals surface area contributed by atoms with Crippen molar-refractivity contribution in [3.8, 4) is 12.3 Å². The van der Waals surface area contributed by atoms with E-state index in [-0.39, 0.29) is 0 Å². The molecule has 0 fully saturated rings. The molecule has 0 amide bonds. The van der Waals surface area contributed by atoms with Crippen LogP contribution in [0.1, 0.15) is 0 Å². The summed E-state index contributed by atoms with van der Waals surface area (Å²) in [5.41, 5.74) is 12.3. The van der Waals surface area contributed by atoms with Gasteiger partial charge in [-0.05, 0) is 6.07 Å². The average molecular weight is 176 g/mol. The lowest BCUT2D eigenvalue weighted by Gasteiger charge is -2.17. The summed E-state index contributed by atoms with van der Waals surface area (Å²) in [5.74, 6) is 3.13. The molecule has 0 atom stereocenters. The van der Waals surface area contributed by atoms with Crippen molar-refractivity contribution >= 4 is 17.2 Å². The average Bonchev–Trinajstić information content (AvgIpc) is 2.10. The summed E-state index contributed by atoms with van der Waals surface area (Å²) < 4.78 is 0. The first-order valence-electron chi connectivity index (χ1n) is 3.81. The first kappa shape index (κ1) is 9.20. The van der Waals surface area contributed by atoms with Crippen LogP contribution in [0.3, 0.4) is 0 Å². The normalized spacial score (nSPS) is 9.23. The third-order valence-corrected chi connectivity index (χ3v) is 1.69. The molecule has 4 nitrogen and oxygen atoms in total. The number of rotatable bonds is 2. The molecule has 0 unspecified atom stereocenters. The second-order valence-electron chi connectivity index (χ2n) is 2.70. The standard InChI is InChI=1S/C9H12N4/c1-3-6-13(2)9-8(11)7(10)4-5-12-9/h1,4-5H,6,11H2,2H3,(H2,10,12). The molecule has 0 saturated carbocycles. The fourth-order valence-corrected chi connectivity index (χ4v) is 0.993. The highest BCUT2D eigenvalue weighted by Gasteiger charge is 2.07. The molecule has 0 aliphatic rings. The number of pyridine rings is 1. The lowest BCUT2D eigenvalue weighted by Crippen LogP contribution is -2.20. The largest absolute Gasteiger partial charge is 0.397 e. The lowest BCUT2D eigenvalue weighted by molar-refractivity contribution is 1.01. The Kier molecular flexibility index (Phi) is 2.60. The van der Waals surface area contributed by atoms with Crippen LogP contribution in [0.15, 0.2) is 12.3 Å². The number of hydrogen-bond acceptors (Lipinski definition) is 4. The molecule has 0 aliphatic heterocycles. The zero-order chi connectivity index (χ0) is 9.84. The zero-order valence-corrected chi connectivity index (χ0v) is 7.49. The van der Waals surface area contributed by atoms with E-state index in [1.165, 1.54) is 0 Å². The Labute approximate surface area is 77.5 Å². The van der Waals surface area contributed by atoms with E-state index >= 15 is 0 Å². The molecule has 0 aromatic carbocycles. The number of nitrogens with two attached hydrogens (primary N) is 2. The molecular weight excluding hydrogens is 164 g/mol. The molecule has 68 valence electrons. The molecule has 1 heterocycles. The van der Waals surface area contributed by atoms with Gasteiger partial charge in [-0.1, -0.05) is 5.92 Å². The smallest absolute Gasteiger partial charge is 0.154 e. The van der Waals surface area contributed by atoms with E-state index in [2.05, 4.69) is 10.9 Å². The number of hydrogen-bond donors (Lipinski definition) is 2. The van der Waals surface area contributed by atoms with Crippen LogP contribution in [0.4, 0.5) is 17.2 Å². The van der Waals surface area contributed by atoms with Crippen molar-refractivity contribution in [2.75, 3.05) is 30.0 Å². The summed E-state index contributed by atoms with van der Waals surface area (Å²) in [7, 11) is 1.82. The molecule has 13 heavy (non-hydrogen) atoms. The van der Waals surface area contributed by atoms with Crippen molar-refractivity contribution in [2.24, 2.45) is 0 Å². The van der Waals surface area contributed by atoms with Crippen LogP contribution in [-0.2, 0) is 0 Å². The highest BCUT2D eigenvalue weighted by Crippen LogP contribution is 2.23. The van der Waals surface area contributed by atoms with Gasteiger partial charge in [-0.2, -0.15) is 0 Å². The van der Waals surface area contributed by atoms with E-state index in [4.69, 9.17) is 17.9 Å². The summed E-state index contributed by atoms with van der Waals surface area (Å²) in [6.07, 6.45) is 6.77. The van der Waals surface area contributed by atoms with Crippen LogP contribution in [0.25, 0.3) is 0 Å². The van der Waals surface area contributed by atoms with Crippen LogP contribution in [0, 0.1) is 12.3 Å². The second kappa shape index (κ2) is 3.68. The van der Waals surface area contributed by atoms with Crippen molar-refractivity contribution in [1.29, 1.82) is 0 Å². The quantitative estimate of drug-likeness (QED) is 0.636. The maximum Gasteiger partial charge on any atom is 0.154 e. The number of nitrogen functional groups attached to an aromatic ring is 2. The second-order valence-corrected chi connectivity index (χ2v) is 2.70. The van der Waals surface area contributed by atoms with Crippen molar-refractivity contribution in [2.45, 2.75) is 0 Å². The summed E-state index contributed by atoms with van der Waals surface area (Å²) in [6.45, 7) is 0.459. The molecule has 0 radical (unpaired) electrons. The number of terminal acetylenes is 1. The van der Waals surface area contributed by atoms with Crippen LogP contribution in [0.2, 0.25) is 0 Å². The highest BCUT2D eigenvalue weighted by molar-refractivity contribution is 5.75. The predicted octanol–water partition coefficient (Wildman–Crippen LogP) is 0.315. The third kappa shape index (κ3) is 1.82. The molecular formula is C9H12N4. The van der Waals surface area contributed by atoms with Gasteiger partial charge in [-0.3, -0.25) is 0 Å². The van der Waals surface area contributed by atoms with Gasteiger partial charge < -0.3 is 16.4 Å². The molecule has 4 heteroatoms. The summed E-state index contributed by atoms with van der Waals surface area (Å²) in [5, 5.41) is 0. The molecule has 1 aromatic heterocycles. The Morgan fingerprint density at radius 2 is 2.31 bits per heavy atom. The van der Waals surface area contributed by atoms with E-state index < -0.39 is 0 Å². The number of nitrogens with zero attached hydrogens (tertiary/aromatic N) is 2. The fraction of sp³-hybridized carbons (Fsp3) is 0.222. The van der Waals surface area contributed by atoms with E-state index in [1.54, 1.807) is 17.2 Å². The van der Waals surface area contributed by atoms with Gasteiger partial charge in [-0.25, -0.2) is 4.98 Å². The SMILES string of the molecule is C#CCN(C)c1nccc(N)c1N. The Morgan fingerprint density at radius 3 is 2.92 bits per heavy atom. The van der Waals surface area contributed by atoms with Crippen LogP contribution in [-0.4, -0.2) is 18.6 Å². The topological polar surface area (TPSA) is 68.2 Å². The minimum absolute atomic E-state index is 0.459. The van der Waals surface area contributed by atoms with Gasteiger partial charge in [0.25, 0.3) is 0 Å². The number of aromatic nitrogens is 1. The van der Waals surface area contributed by atoms with E-state index in [0.29, 0.717) is 23.7 Å². The number of anilines is 3. The maximum absolute atomic E-state index is 5.72. The molecule has 0 bridgehead atoms. The van der Waals surface area contributed by atoms with E-state index in [1.807, 2.05) is 7.05 Å². The van der Waals surface area contributed by atoms with Gasteiger partial charge in [0.1, 0.15) is 0 Å². The van der Waals surface area contributed by atoms with Gasteiger partial charge in [0.15, 0.2) is 5.82 Å². The van der Waals surface area contributed by atoms with Gasteiger partial charge in [0, 0.05) is 13.2 Å². The van der Waals surface area contributed by atoms with Gasteiger partial charge in [0.05, 0.1) is 17.9 Å². The predicted molar refractivity (Wildman–Crippen MR) is 55.2 cm³/mol. The van der Waals surface area contributed by atoms with Crippen molar-refractivity contribution < 1.29 is 0 Å². The highest BCUT2D eigenvalue weighted by atomic mass is 15.2. The fourth-order valence-electron chi connectivity index (χ4n) is 0.993.